The fraction of sp³-hybridized carbons (Fsp3) is 0.385. The van der Waals surface area contributed by atoms with Gasteiger partial charge in [0.25, 0.3) is 0 Å². The first-order chi connectivity index (χ1) is 9.12. The average molecular weight is 265 g/mol. The zero-order chi connectivity index (χ0) is 14.3. The highest BCUT2D eigenvalue weighted by Crippen LogP contribution is 2.25. The normalized spacial score (nSPS) is 11.5. The Labute approximate surface area is 112 Å². The molecule has 4 N–H and O–H groups in total. The summed E-state index contributed by atoms with van der Waals surface area (Å²) in [4.78, 5) is 21.5. The summed E-state index contributed by atoms with van der Waals surface area (Å²) in [5, 5.41) is 0. The van der Waals surface area contributed by atoms with Gasteiger partial charge in [-0.25, -0.2) is 0 Å². The lowest BCUT2D eigenvalue weighted by Crippen LogP contribution is -2.24. The van der Waals surface area contributed by atoms with Gasteiger partial charge >= 0.3 is 0 Å². The number of methoxy groups -OCH3 is 1. The minimum Gasteiger partial charge on any atom is -0.496 e. The van der Waals surface area contributed by atoms with E-state index in [4.69, 9.17) is 10.5 Å². The van der Waals surface area contributed by atoms with Crippen LogP contribution < -0.4 is 21.3 Å². The number of hydrogen-bond acceptors (Lipinski definition) is 4. The molecule has 1 aromatic rings. The van der Waals surface area contributed by atoms with E-state index in [0.29, 0.717) is 30.7 Å². The zero-order valence-corrected chi connectivity index (χ0v) is 11.1. The standard InChI is InChI=1S/C13H19N3O3/c1-3-9(13(14)18)6-10-7-11(16-15-8-17)4-5-12(10)19-2/h4-5,7-9,16H,3,6H2,1-2H3,(H2,14,18)(H,15,17). The number of nitrogens with two attached hydrogens (primary N) is 1. The van der Waals surface area contributed by atoms with Crippen LogP contribution in [0, 0.1) is 5.92 Å². The third kappa shape index (κ3) is 4.17. The largest absolute Gasteiger partial charge is 0.496 e. The van der Waals surface area contributed by atoms with Crippen LogP contribution in [0.25, 0.3) is 0 Å². The van der Waals surface area contributed by atoms with E-state index in [0.717, 1.165) is 5.56 Å². The highest BCUT2D eigenvalue weighted by molar-refractivity contribution is 5.77. The van der Waals surface area contributed by atoms with E-state index in [1.165, 1.54) is 0 Å². The molecule has 1 rings (SSSR count). The molecule has 0 fully saturated rings. The van der Waals surface area contributed by atoms with Gasteiger partial charge in [0.1, 0.15) is 5.75 Å². The molecule has 0 aliphatic heterocycles. The Morgan fingerprint density at radius 2 is 2.26 bits per heavy atom. The summed E-state index contributed by atoms with van der Waals surface area (Å²) >= 11 is 0. The van der Waals surface area contributed by atoms with Gasteiger partial charge in [-0.3, -0.25) is 20.4 Å². The molecule has 6 heteroatoms. The van der Waals surface area contributed by atoms with E-state index in [1.54, 1.807) is 19.2 Å². The molecule has 0 radical (unpaired) electrons. The molecular formula is C13H19N3O3. The Hall–Kier alpha value is -2.24. The molecule has 19 heavy (non-hydrogen) atoms. The topological polar surface area (TPSA) is 93.4 Å². The van der Waals surface area contributed by atoms with E-state index in [1.807, 2.05) is 13.0 Å². The number of hydrogen-bond donors (Lipinski definition) is 3. The first-order valence-electron chi connectivity index (χ1n) is 6.03. The monoisotopic (exact) mass is 265 g/mol. The van der Waals surface area contributed by atoms with Crippen molar-refractivity contribution in [3.63, 3.8) is 0 Å². The van der Waals surface area contributed by atoms with Gasteiger partial charge in [0, 0.05) is 5.92 Å². The highest BCUT2D eigenvalue weighted by Gasteiger charge is 2.16. The average Bonchev–Trinajstić information content (AvgIpc) is 2.42. The van der Waals surface area contributed by atoms with Crippen LogP contribution in [0.1, 0.15) is 18.9 Å². The van der Waals surface area contributed by atoms with Gasteiger partial charge in [0.2, 0.25) is 12.3 Å². The fourth-order valence-electron chi connectivity index (χ4n) is 1.84. The Morgan fingerprint density at radius 3 is 2.79 bits per heavy atom. The zero-order valence-electron chi connectivity index (χ0n) is 11.1. The first kappa shape index (κ1) is 14.8. The van der Waals surface area contributed by atoms with E-state index in [2.05, 4.69) is 10.9 Å². The third-order valence-corrected chi connectivity index (χ3v) is 2.92. The molecule has 2 amide bonds. The van der Waals surface area contributed by atoms with Crippen LogP contribution in [0.3, 0.4) is 0 Å². The molecule has 0 aliphatic carbocycles. The lowest BCUT2D eigenvalue weighted by Gasteiger charge is -2.15. The van der Waals surface area contributed by atoms with Crippen molar-refractivity contribution in [3.05, 3.63) is 23.8 Å². The number of benzene rings is 1. The quantitative estimate of drug-likeness (QED) is 0.479. The summed E-state index contributed by atoms with van der Waals surface area (Å²) in [6.45, 7) is 1.91. The second-order valence-corrected chi connectivity index (χ2v) is 4.13. The molecular weight excluding hydrogens is 246 g/mol. The highest BCUT2D eigenvalue weighted by atomic mass is 16.5. The Morgan fingerprint density at radius 1 is 1.53 bits per heavy atom. The van der Waals surface area contributed by atoms with E-state index in [9.17, 15) is 9.59 Å². The van der Waals surface area contributed by atoms with Gasteiger partial charge in [-0.1, -0.05) is 6.92 Å². The van der Waals surface area contributed by atoms with Crippen LogP contribution >= 0.6 is 0 Å². The van der Waals surface area contributed by atoms with Crippen LogP contribution in [0.5, 0.6) is 5.75 Å². The fourth-order valence-corrected chi connectivity index (χ4v) is 1.84. The molecule has 104 valence electrons. The lowest BCUT2D eigenvalue weighted by molar-refractivity contribution is -0.121. The van der Waals surface area contributed by atoms with E-state index >= 15 is 0 Å². The minimum absolute atomic E-state index is 0.233. The number of anilines is 1. The summed E-state index contributed by atoms with van der Waals surface area (Å²) < 4.78 is 5.26. The molecule has 0 heterocycles. The maximum absolute atomic E-state index is 11.3. The van der Waals surface area contributed by atoms with Crippen LogP contribution in [0.4, 0.5) is 5.69 Å². The van der Waals surface area contributed by atoms with Crippen LogP contribution in [-0.2, 0) is 16.0 Å². The molecule has 0 bridgehead atoms. The van der Waals surface area contributed by atoms with Crippen LogP contribution in [-0.4, -0.2) is 19.4 Å². The maximum atomic E-state index is 11.3. The summed E-state index contributed by atoms with van der Waals surface area (Å²) in [6.07, 6.45) is 1.72. The van der Waals surface area contributed by atoms with Gasteiger partial charge in [0.05, 0.1) is 12.8 Å². The lowest BCUT2D eigenvalue weighted by atomic mass is 9.95. The molecule has 1 aromatic carbocycles. The van der Waals surface area contributed by atoms with Crippen molar-refractivity contribution in [2.75, 3.05) is 12.5 Å². The molecule has 0 aromatic heterocycles. The Balaban J connectivity index is 2.94. The van der Waals surface area contributed by atoms with E-state index < -0.39 is 0 Å². The van der Waals surface area contributed by atoms with Crippen molar-refractivity contribution in [2.45, 2.75) is 19.8 Å². The Kier molecular flexibility index (Phi) is 5.66. The summed E-state index contributed by atoms with van der Waals surface area (Å²) in [5.41, 5.74) is 12.0. The van der Waals surface area contributed by atoms with E-state index in [-0.39, 0.29) is 11.8 Å². The number of rotatable bonds is 8. The maximum Gasteiger partial charge on any atom is 0.225 e. The number of nitrogens with one attached hydrogen (secondary N) is 2. The molecule has 0 spiro atoms. The smallest absolute Gasteiger partial charge is 0.225 e. The van der Waals surface area contributed by atoms with Crippen molar-refractivity contribution in [3.8, 4) is 5.75 Å². The molecule has 0 aliphatic rings. The summed E-state index contributed by atoms with van der Waals surface area (Å²) in [6, 6.07) is 5.36. The SMILES string of the molecule is CCC(Cc1cc(NNC=O)ccc1OC)C(N)=O. The number of primary amides is 1. The molecule has 0 saturated carbocycles. The molecule has 6 nitrogen and oxygen atoms in total. The van der Waals surface area contributed by atoms with Gasteiger partial charge in [-0.15, -0.1) is 0 Å². The second kappa shape index (κ2) is 7.25. The van der Waals surface area contributed by atoms with Crippen molar-refractivity contribution in [2.24, 2.45) is 11.7 Å². The van der Waals surface area contributed by atoms with Crippen molar-refractivity contribution in [1.29, 1.82) is 0 Å². The summed E-state index contributed by atoms with van der Waals surface area (Å²) in [7, 11) is 1.57. The number of carbonyl (C=O) groups is 2. The van der Waals surface area contributed by atoms with Gasteiger partial charge < -0.3 is 10.5 Å². The van der Waals surface area contributed by atoms with Crippen molar-refractivity contribution in [1.82, 2.24) is 5.43 Å². The van der Waals surface area contributed by atoms with Crippen LogP contribution in [0.15, 0.2) is 18.2 Å². The van der Waals surface area contributed by atoms with Crippen molar-refractivity contribution >= 4 is 18.0 Å². The number of amides is 2. The third-order valence-electron chi connectivity index (χ3n) is 2.92. The van der Waals surface area contributed by atoms with Crippen LogP contribution in [0.2, 0.25) is 0 Å². The number of hydrazine groups is 1. The minimum atomic E-state index is -0.325. The Bertz CT molecular complexity index is 449. The van der Waals surface area contributed by atoms with Crippen molar-refractivity contribution < 1.29 is 14.3 Å². The predicted octanol–water partition coefficient (Wildman–Crippen LogP) is 0.822. The van der Waals surface area contributed by atoms with Gasteiger partial charge in [-0.2, -0.15) is 0 Å². The number of ether oxygens (including phenoxy) is 1. The molecule has 1 atom stereocenters. The predicted molar refractivity (Wildman–Crippen MR) is 72.5 cm³/mol. The number of carbonyl (C=O) groups excluding carboxylic acids is 2. The first-order valence-corrected chi connectivity index (χ1v) is 6.03. The molecule has 1 unspecified atom stereocenters. The molecule has 0 saturated heterocycles. The second-order valence-electron chi connectivity index (χ2n) is 4.13. The summed E-state index contributed by atoms with van der Waals surface area (Å²) in [5.74, 6) is 0.133. The van der Waals surface area contributed by atoms with Gasteiger partial charge in [0.15, 0.2) is 0 Å². The van der Waals surface area contributed by atoms with Gasteiger partial charge in [-0.05, 0) is 36.6 Å².